The topological polar surface area (TPSA) is 133 Å². The van der Waals surface area contributed by atoms with Crippen molar-refractivity contribution in [1.29, 1.82) is 0 Å². The summed E-state index contributed by atoms with van der Waals surface area (Å²) in [5.74, 6) is 0.762. The summed E-state index contributed by atoms with van der Waals surface area (Å²) >= 11 is 7.01. The Labute approximate surface area is 284 Å². The fourth-order valence-electron chi connectivity index (χ4n) is 6.14. The molecule has 11 nitrogen and oxygen atoms in total. The summed E-state index contributed by atoms with van der Waals surface area (Å²) in [5.41, 5.74) is 9.11. The number of imidazole rings is 1. The molecule has 4 heterocycles. The highest BCUT2D eigenvalue weighted by molar-refractivity contribution is 9.11. The van der Waals surface area contributed by atoms with Crippen LogP contribution < -0.4 is 21.6 Å². The summed E-state index contributed by atoms with van der Waals surface area (Å²) in [5, 5.41) is 3.05. The first kappa shape index (κ1) is 31.9. The number of likely N-dealkylation sites (tertiary alicyclic amines) is 1. The van der Waals surface area contributed by atoms with Crippen molar-refractivity contribution in [3.63, 3.8) is 0 Å². The van der Waals surface area contributed by atoms with E-state index >= 15 is 0 Å². The van der Waals surface area contributed by atoms with Crippen LogP contribution in [0, 0.1) is 0 Å². The number of urea groups is 1. The third-order valence-corrected chi connectivity index (χ3v) is 10.0. The number of nitrogens with one attached hydrogen (secondary N) is 2. The Morgan fingerprint density at radius 1 is 0.935 bits per heavy atom. The average molecular weight is 753 g/mol. The van der Waals surface area contributed by atoms with Gasteiger partial charge in [-0.25, -0.2) is 14.6 Å². The molecule has 1 atom stereocenters. The highest BCUT2D eigenvalue weighted by Gasteiger charge is 2.32. The number of amides is 3. The molecule has 2 aliphatic heterocycles. The largest absolute Gasteiger partial charge is 0.397 e. The predicted molar refractivity (Wildman–Crippen MR) is 186 cm³/mol. The van der Waals surface area contributed by atoms with Crippen molar-refractivity contribution in [2.75, 3.05) is 49.9 Å². The molecule has 2 aliphatic rings. The molecule has 2 aromatic carbocycles. The van der Waals surface area contributed by atoms with Crippen LogP contribution in [0.5, 0.6) is 0 Å². The quantitative estimate of drug-likeness (QED) is 0.236. The van der Waals surface area contributed by atoms with Gasteiger partial charge in [-0.05, 0) is 80.1 Å². The number of nitrogens with two attached hydrogens (primary N) is 1. The van der Waals surface area contributed by atoms with Crippen molar-refractivity contribution < 1.29 is 9.59 Å². The number of nitrogen functional groups attached to an aromatic ring is 1. The van der Waals surface area contributed by atoms with Gasteiger partial charge in [-0.1, -0.05) is 36.4 Å². The monoisotopic (exact) mass is 750 g/mol. The Hall–Kier alpha value is -4.10. The normalized spacial score (nSPS) is 16.3. The second-order valence-corrected chi connectivity index (χ2v) is 13.4. The minimum absolute atomic E-state index is 0.0254. The Bertz CT molecular complexity index is 1710. The van der Waals surface area contributed by atoms with Gasteiger partial charge in [0.15, 0.2) is 0 Å². The number of carbonyl (C=O) groups excluding carboxylic acids is 2. The maximum Gasteiger partial charge on any atom is 0.326 e. The molecule has 46 heavy (non-hydrogen) atoms. The molecule has 13 heteroatoms. The van der Waals surface area contributed by atoms with Crippen molar-refractivity contribution in [2.45, 2.75) is 31.3 Å². The number of aromatic amines is 1. The number of piperazine rings is 1. The van der Waals surface area contributed by atoms with E-state index in [9.17, 15) is 14.4 Å². The molecular weight excluding hydrogens is 716 g/mol. The Kier molecular flexibility index (Phi) is 9.78. The van der Waals surface area contributed by atoms with Gasteiger partial charge in [0.05, 0.1) is 11.4 Å². The molecule has 0 spiro atoms. The summed E-state index contributed by atoms with van der Waals surface area (Å²) < 4.78 is 3.18. The van der Waals surface area contributed by atoms with E-state index < -0.39 is 6.04 Å². The van der Waals surface area contributed by atoms with Crippen LogP contribution in [-0.2, 0) is 11.2 Å². The van der Waals surface area contributed by atoms with Crippen molar-refractivity contribution in [3.8, 4) is 11.3 Å². The van der Waals surface area contributed by atoms with Crippen LogP contribution in [0.25, 0.3) is 11.3 Å². The summed E-state index contributed by atoms with van der Waals surface area (Å²) in [6, 6.07) is 18.2. The number of piperidine rings is 1. The molecule has 4 N–H and O–H groups in total. The van der Waals surface area contributed by atoms with Crippen molar-refractivity contribution in [1.82, 2.24) is 29.7 Å². The van der Waals surface area contributed by atoms with E-state index in [4.69, 9.17) is 5.73 Å². The molecule has 2 aromatic heterocycles. The SMILES string of the molecule is Nc1c(Br)cc(C[C@@H](NC(=O)N2CCC(n3cc(-c4ccccc4)[nH]c3=O)CC2)C(=O)N2CCN(c3ccccn3)CC2)cc1Br. The molecule has 0 unspecified atom stereocenters. The van der Waals surface area contributed by atoms with Gasteiger partial charge in [-0.3, -0.25) is 9.36 Å². The molecule has 2 saturated heterocycles. The van der Waals surface area contributed by atoms with Crippen LogP contribution in [0.3, 0.4) is 0 Å². The molecule has 0 bridgehead atoms. The van der Waals surface area contributed by atoms with Gasteiger partial charge in [-0.15, -0.1) is 0 Å². The molecule has 0 radical (unpaired) electrons. The Morgan fingerprint density at radius 3 is 2.26 bits per heavy atom. The Balaban J connectivity index is 1.12. The first-order valence-electron chi connectivity index (χ1n) is 15.4. The van der Waals surface area contributed by atoms with Crippen molar-refractivity contribution in [2.24, 2.45) is 0 Å². The number of rotatable bonds is 7. The van der Waals surface area contributed by atoms with Gasteiger partial charge in [0, 0.05) is 73.1 Å². The van der Waals surface area contributed by atoms with E-state index in [1.807, 2.05) is 71.8 Å². The number of H-pyrrole nitrogens is 1. The Morgan fingerprint density at radius 2 is 1.61 bits per heavy atom. The number of hydrogen-bond acceptors (Lipinski definition) is 6. The number of anilines is 2. The van der Waals surface area contributed by atoms with Gasteiger partial charge in [0.2, 0.25) is 5.91 Å². The summed E-state index contributed by atoms with van der Waals surface area (Å²) in [7, 11) is 0. The lowest BCUT2D eigenvalue weighted by Gasteiger charge is -2.38. The lowest BCUT2D eigenvalue weighted by molar-refractivity contribution is -0.133. The molecule has 4 aromatic rings. The maximum atomic E-state index is 14.0. The van der Waals surface area contributed by atoms with E-state index in [1.165, 1.54) is 0 Å². The first-order valence-corrected chi connectivity index (χ1v) is 17.0. The molecule has 6 rings (SSSR count). The van der Waals surface area contributed by atoms with Crippen LogP contribution in [0.15, 0.2) is 86.8 Å². The molecule has 240 valence electrons. The smallest absolute Gasteiger partial charge is 0.326 e. The number of benzene rings is 2. The zero-order chi connectivity index (χ0) is 32.2. The van der Waals surface area contributed by atoms with Crippen molar-refractivity contribution in [3.05, 3.63) is 98.1 Å². The second kappa shape index (κ2) is 14.1. The predicted octanol–water partition coefficient (Wildman–Crippen LogP) is 4.65. The molecule has 3 amide bonds. The van der Waals surface area contributed by atoms with E-state index in [0.29, 0.717) is 64.2 Å². The minimum Gasteiger partial charge on any atom is -0.397 e. The third kappa shape index (κ3) is 7.15. The van der Waals surface area contributed by atoms with E-state index in [0.717, 1.165) is 31.6 Å². The van der Waals surface area contributed by atoms with Crippen LogP contribution in [0.1, 0.15) is 24.4 Å². The number of nitrogens with zero attached hydrogens (tertiary/aromatic N) is 5. The van der Waals surface area contributed by atoms with Gasteiger partial charge >= 0.3 is 11.7 Å². The van der Waals surface area contributed by atoms with E-state index in [-0.39, 0.29) is 23.7 Å². The summed E-state index contributed by atoms with van der Waals surface area (Å²) in [4.78, 5) is 53.5. The maximum absolute atomic E-state index is 14.0. The zero-order valence-electron chi connectivity index (χ0n) is 25.2. The van der Waals surface area contributed by atoms with Gasteiger partial charge in [-0.2, -0.15) is 0 Å². The van der Waals surface area contributed by atoms with Crippen LogP contribution in [0.2, 0.25) is 0 Å². The van der Waals surface area contributed by atoms with Crippen LogP contribution in [0.4, 0.5) is 16.3 Å². The fourth-order valence-corrected chi connectivity index (χ4v) is 7.42. The van der Waals surface area contributed by atoms with Gasteiger partial charge in [0.1, 0.15) is 11.9 Å². The van der Waals surface area contributed by atoms with Crippen molar-refractivity contribution >= 4 is 55.3 Å². The average Bonchev–Trinajstić information content (AvgIpc) is 3.48. The number of halogens is 2. The standard InChI is InChI=1S/C33H36Br2N8O3/c34-25-18-22(19-26(35)30(25)36)20-27(31(44)41-16-14-40(15-17-41)29-8-4-5-11-37-29)38-32(45)42-12-9-24(10-13-42)43-21-28(39-33(43)46)23-6-2-1-3-7-23/h1-8,11,18-19,21,24,27H,9-10,12-17,20,36H2,(H,38,45)(H,39,46)/t27-/m1/s1. The number of pyridine rings is 1. The number of carbonyl (C=O) groups is 2. The van der Waals surface area contributed by atoms with Gasteiger partial charge in [0.25, 0.3) is 0 Å². The van der Waals surface area contributed by atoms with Gasteiger partial charge < -0.3 is 30.7 Å². The lowest BCUT2D eigenvalue weighted by atomic mass is 10.0. The minimum atomic E-state index is -0.769. The highest BCUT2D eigenvalue weighted by Crippen LogP contribution is 2.30. The number of aromatic nitrogens is 3. The molecular formula is C33H36Br2N8O3. The van der Waals surface area contributed by atoms with E-state index in [2.05, 4.69) is 52.0 Å². The molecule has 0 saturated carbocycles. The second-order valence-electron chi connectivity index (χ2n) is 11.6. The van der Waals surface area contributed by atoms with E-state index in [1.54, 1.807) is 15.7 Å². The third-order valence-electron chi connectivity index (χ3n) is 8.71. The molecule has 0 aliphatic carbocycles. The first-order chi connectivity index (χ1) is 22.3. The lowest BCUT2D eigenvalue weighted by Crippen LogP contribution is -2.57. The fraction of sp³-hybridized carbons (Fsp3) is 0.333. The number of hydrogen-bond donors (Lipinski definition) is 3. The summed E-state index contributed by atoms with van der Waals surface area (Å²) in [6.45, 7) is 3.30. The highest BCUT2D eigenvalue weighted by atomic mass is 79.9. The zero-order valence-corrected chi connectivity index (χ0v) is 28.4. The van der Waals surface area contributed by atoms with Crippen LogP contribution >= 0.6 is 31.9 Å². The summed E-state index contributed by atoms with van der Waals surface area (Å²) in [6.07, 6.45) is 5.20. The van der Waals surface area contributed by atoms with Crippen LogP contribution in [-0.4, -0.2) is 81.6 Å². The molecule has 2 fully saturated rings.